The molecular formula is C36H44Cl2N4O5. The zero-order valence-corrected chi connectivity index (χ0v) is 28.9. The minimum Gasteiger partial charge on any atom is -0.492 e. The molecule has 11 heteroatoms. The molecule has 4 saturated carbocycles. The van der Waals surface area contributed by atoms with Crippen LogP contribution >= 0.6 is 24.0 Å². The molecule has 4 aliphatic carbocycles. The molecule has 9 nitrogen and oxygen atoms in total. The molecular weight excluding hydrogens is 639 g/mol. The SMILES string of the molecule is CN(C)CCCOc1cc(-c2nc(C(=O)NC3(OC(=O)O)C4CC5CC(C4)CC3C5)ccc2-c2ccccc2N(C)C)ccc1Cl.Cl. The molecule has 0 radical (unpaired) electrons. The van der Waals surface area contributed by atoms with Gasteiger partial charge < -0.3 is 29.7 Å². The van der Waals surface area contributed by atoms with Gasteiger partial charge in [-0.05, 0) is 94.8 Å². The highest BCUT2D eigenvalue weighted by Crippen LogP contribution is 2.58. The predicted molar refractivity (Wildman–Crippen MR) is 187 cm³/mol. The number of carbonyl (C=O) groups is 2. The number of para-hydroxylation sites is 1. The van der Waals surface area contributed by atoms with Crippen molar-refractivity contribution in [3.05, 3.63) is 65.3 Å². The van der Waals surface area contributed by atoms with Gasteiger partial charge in [-0.2, -0.15) is 0 Å². The Morgan fingerprint density at radius 3 is 2.28 bits per heavy atom. The Morgan fingerprint density at radius 1 is 0.957 bits per heavy atom. The van der Waals surface area contributed by atoms with Crippen molar-refractivity contribution >= 4 is 41.8 Å². The molecule has 1 amide bonds. The van der Waals surface area contributed by atoms with E-state index in [-0.39, 0.29) is 29.9 Å². The average Bonchev–Trinajstić information content (AvgIpc) is 3.01. The van der Waals surface area contributed by atoms with Crippen molar-refractivity contribution in [3.63, 3.8) is 0 Å². The summed E-state index contributed by atoms with van der Waals surface area (Å²) in [6.45, 7) is 1.39. The lowest BCUT2D eigenvalue weighted by Gasteiger charge is -2.59. The van der Waals surface area contributed by atoms with Crippen molar-refractivity contribution in [2.24, 2.45) is 23.7 Å². The van der Waals surface area contributed by atoms with Gasteiger partial charge in [-0.1, -0.05) is 35.9 Å². The van der Waals surface area contributed by atoms with Gasteiger partial charge >= 0.3 is 6.16 Å². The first kappa shape index (κ1) is 34.8. The average molecular weight is 684 g/mol. The number of halogens is 2. The number of pyridine rings is 1. The normalized spacial score (nSPS) is 24.0. The fourth-order valence-corrected chi connectivity index (χ4v) is 8.28. The summed E-state index contributed by atoms with van der Waals surface area (Å²) in [5, 5.41) is 13.4. The van der Waals surface area contributed by atoms with Gasteiger partial charge in [0.2, 0.25) is 0 Å². The summed E-state index contributed by atoms with van der Waals surface area (Å²) in [6, 6.07) is 17.2. The second-order valence-electron chi connectivity index (χ2n) is 13.6. The lowest BCUT2D eigenvalue weighted by molar-refractivity contribution is -0.191. The molecule has 7 rings (SSSR count). The van der Waals surface area contributed by atoms with E-state index >= 15 is 0 Å². The van der Waals surface area contributed by atoms with Gasteiger partial charge in [0.1, 0.15) is 11.4 Å². The molecule has 0 saturated heterocycles. The molecule has 1 aromatic heterocycles. The number of nitrogens with one attached hydrogen (secondary N) is 1. The van der Waals surface area contributed by atoms with E-state index in [9.17, 15) is 14.7 Å². The largest absolute Gasteiger partial charge is 0.507 e. The number of nitrogens with zero attached hydrogens (tertiary/aromatic N) is 3. The quantitative estimate of drug-likeness (QED) is 0.122. The summed E-state index contributed by atoms with van der Waals surface area (Å²) in [4.78, 5) is 35.2. The number of aromatic nitrogens is 1. The van der Waals surface area contributed by atoms with Crippen LogP contribution in [0.3, 0.4) is 0 Å². The summed E-state index contributed by atoms with van der Waals surface area (Å²) in [6.07, 6.45) is 4.11. The van der Waals surface area contributed by atoms with Crippen LogP contribution < -0.4 is 15.0 Å². The van der Waals surface area contributed by atoms with Gasteiger partial charge in [-0.15, -0.1) is 12.4 Å². The van der Waals surface area contributed by atoms with Crippen LogP contribution in [0.25, 0.3) is 22.4 Å². The van der Waals surface area contributed by atoms with Crippen molar-refractivity contribution < 1.29 is 24.2 Å². The third-order valence-corrected chi connectivity index (χ3v) is 10.2. The van der Waals surface area contributed by atoms with Crippen LogP contribution in [0.2, 0.25) is 5.02 Å². The number of benzene rings is 2. The molecule has 0 aliphatic heterocycles. The number of hydrogen-bond donors (Lipinski definition) is 2. The van der Waals surface area contributed by atoms with Crippen molar-refractivity contribution in [3.8, 4) is 28.1 Å². The minimum absolute atomic E-state index is 0. The van der Waals surface area contributed by atoms with Crippen LogP contribution in [0.1, 0.15) is 49.0 Å². The number of rotatable bonds is 11. The van der Waals surface area contributed by atoms with Gasteiger partial charge in [-0.25, -0.2) is 9.78 Å². The monoisotopic (exact) mass is 682 g/mol. The molecule has 0 atom stereocenters. The van der Waals surface area contributed by atoms with Crippen molar-refractivity contribution in [2.75, 3.05) is 46.2 Å². The second kappa shape index (κ2) is 14.3. The molecule has 2 N–H and O–H groups in total. The number of amides is 1. The minimum atomic E-state index is -1.36. The fraction of sp³-hybridized carbons (Fsp3) is 0.472. The lowest BCUT2D eigenvalue weighted by atomic mass is 9.52. The van der Waals surface area contributed by atoms with E-state index in [1.165, 1.54) is 6.42 Å². The molecule has 4 bridgehead atoms. The molecule has 0 spiro atoms. The summed E-state index contributed by atoms with van der Waals surface area (Å²) in [5.74, 6) is 1.14. The summed E-state index contributed by atoms with van der Waals surface area (Å²) >= 11 is 6.57. The fourth-order valence-electron chi connectivity index (χ4n) is 8.11. The van der Waals surface area contributed by atoms with Crippen LogP contribution in [-0.2, 0) is 4.74 Å². The maximum atomic E-state index is 14.1. The Kier molecular flexibility index (Phi) is 10.6. The Morgan fingerprint density at radius 2 is 1.64 bits per heavy atom. The number of anilines is 1. The molecule has 2 aromatic carbocycles. The summed E-state index contributed by atoms with van der Waals surface area (Å²) < 4.78 is 11.8. The highest BCUT2D eigenvalue weighted by molar-refractivity contribution is 6.32. The van der Waals surface area contributed by atoms with Gasteiger partial charge in [-0.3, -0.25) is 4.79 Å². The van der Waals surface area contributed by atoms with Crippen LogP contribution in [-0.4, -0.2) is 74.1 Å². The molecule has 47 heavy (non-hydrogen) atoms. The molecule has 252 valence electrons. The number of hydrogen-bond acceptors (Lipinski definition) is 7. The van der Waals surface area contributed by atoms with Gasteiger partial charge in [0.15, 0.2) is 5.72 Å². The Bertz CT molecular complexity index is 1590. The van der Waals surface area contributed by atoms with E-state index < -0.39 is 17.8 Å². The van der Waals surface area contributed by atoms with Crippen LogP contribution in [0.5, 0.6) is 5.75 Å². The third kappa shape index (κ3) is 7.17. The predicted octanol–water partition coefficient (Wildman–Crippen LogP) is 7.46. The van der Waals surface area contributed by atoms with Crippen LogP contribution in [0, 0.1) is 23.7 Å². The van der Waals surface area contributed by atoms with Gasteiger partial charge in [0.05, 0.1) is 17.3 Å². The lowest BCUT2D eigenvalue weighted by Crippen LogP contribution is -2.68. The zero-order valence-electron chi connectivity index (χ0n) is 27.4. The Balaban J connectivity index is 0.00000433. The smallest absolute Gasteiger partial charge is 0.492 e. The van der Waals surface area contributed by atoms with E-state index in [0.29, 0.717) is 34.9 Å². The van der Waals surface area contributed by atoms with Crippen molar-refractivity contribution in [2.45, 2.75) is 44.2 Å². The van der Waals surface area contributed by atoms with E-state index in [4.69, 9.17) is 26.1 Å². The Labute approximate surface area is 288 Å². The summed E-state index contributed by atoms with van der Waals surface area (Å²) in [7, 11) is 8.02. The van der Waals surface area contributed by atoms with Crippen LogP contribution in [0.4, 0.5) is 10.5 Å². The number of ether oxygens (including phenoxy) is 2. The zero-order chi connectivity index (χ0) is 32.6. The van der Waals surface area contributed by atoms with E-state index in [2.05, 4.69) is 10.2 Å². The Hall–Kier alpha value is -3.53. The molecule has 1 heterocycles. The highest BCUT2D eigenvalue weighted by Gasteiger charge is 2.60. The van der Waals surface area contributed by atoms with Crippen molar-refractivity contribution in [1.82, 2.24) is 15.2 Å². The first-order valence-corrected chi connectivity index (χ1v) is 16.5. The topological polar surface area (TPSA) is 104 Å². The second-order valence-corrected chi connectivity index (χ2v) is 14.0. The van der Waals surface area contributed by atoms with Gasteiger partial charge in [0, 0.05) is 54.9 Å². The van der Waals surface area contributed by atoms with E-state index in [1.807, 2.05) is 75.6 Å². The number of carboxylic acid groups (broad SMARTS) is 1. The molecule has 3 aromatic rings. The highest BCUT2D eigenvalue weighted by atomic mass is 35.5. The maximum absolute atomic E-state index is 14.1. The first-order chi connectivity index (χ1) is 22.0. The first-order valence-electron chi connectivity index (χ1n) is 16.1. The summed E-state index contributed by atoms with van der Waals surface area (Å²) in [5.41, 5.74) is 3.07. The maximum Gasteiger partial charge on any atom is 0.507 e. The molecule has 0 unspecified atom stereocenters. The third-order valence-electron chi connectivity index (χ3n) is 9.93. The van der Waals surface area contributed by atoms with Gasteiger partial charge in [0.25, 0.3) is 5.91 Å². The van der Waals surface area contributed by atoms with Crippen LogP contribution in [0.15, 0.2) is 54.6 Å². The molecule has 4 fully saturated rings. The van der Waals surface area contributed by atoms with Crippen molar-refractivity contribution in [1.29, 1.82) is 0 Å². The van der Waals surface area contributed by atoms with E-state index in [0.717, 1.165) is 61.0 Å². The van der Waals surface area contributed by atoms with E-state index in [1.54, 1.807) is 12.1 Å². The standard InChI is InChI=1S/C36H43ClN4O5.ClH/c1-40(2)14-7-15-45-32-21-24(10-12-29(32)37)33-28(27-8-5-6-9-31(27)41(3)4)11-13-30(38-33)34(42)39-36(46-35(43)44)25-17-22-16-23(19-25)20-26(36)18-22;/h5-6,8-13,21-23,25-26H,7,14-20H2,1-4H3,(H,39,42)(H,43,44);1H. The molecule has 4 aliphatic rings. The number of carbonyl (C=O) groups excluding carboxylic acids is 1.